The van der Waals surface area contributed by atoms with Crippen LogP contribution >= 0.6 is 0 Å². The van der Waals surface area contributed by atoms with Crippen molar-refractivity contribution in [3.8, 4) is 0 Å². The van der Waals surface area contributed by atoms with Crippen LogP contribution in [0.3, 0.4) is 0 Å². The SMILES string of the molecule is C1=CC2=CC=CC3=C4C(=C(c5ccccc5)C([n+]5ccccc5)=C4c4ccccc4)C(=C1)C23. The molecule has 0 amide bonds. The summed E-state index contributed by atoms with van der Waals surface area (Å²) in [5.74, 6) is 0.324. The number of hydrogen-bond donors (Lipinski definition) is 0. The Morgan fingerprint density at radius 1 is 0.545 bits per heavy atom. The van der Waals surface area contributed by atoms with Crippen LogP contribution in [-0.4, -0.2) is 0 Å². The molecule has 0 spiro atoms. The highest BCUT2D eigenvalue weighted by molar-refractivity contribution is 6.21. The van der Waals surface area contributed by atoms with Gasteiger partial charge in [-0.15, -0.1) is 0 Å². The van der Waals surface area contributed by atoms with Crippen molar-refractivity contribution in [1.29, 1.82) is 0 Å². The van der Waals surface area contributed by atoms with Crippen molar-refractivity contribution >= 4 is 16.8 Å². The molecule has 0 aliphatic heterocycles. The number of pyridine rings is 1. The largest absolute Gasteiger partial charge is 0.227 e. The summed E-state index contributed by atoms with van der Waals surface area (Å²) in [5, 5.41) is 0. The molecule has 1 heterocycles. The first-order chi connectivity index (χ1) is 16.4. The predicted molar refractivity (Wildman–Crippen MR) is 135 cm³/mol. The van der Waals surface area contributed by atoms with E-state index in [1.165, 1.54) is 55.8 Å². The summed E-state index contributed by atoms with van der Waals surface area (Å²) in [6.07, 6.45) is 17.9. The van der Waals surface area contributed by atoms with E-state index in [1.54, 1.807) is 0 Å². The topological polar surface area (TPSA) is 3.88 Å². The van der Waals surface area contributed by atoms with Gasteiger partial charge in [-0.1, -0.05) is 103 Å². The number of allylic oxidation sites excluding steroid dienone is 14. The van der Waals surface area contributed by atoms with Crippen molar-refractivity contribution in [3.05, 3.63) is 167 Å². The lowest BCUT2D eigenvalue weighted by Gasteiger charge is -2.23. The van der Waals surface area contributed by atoms with Crippen LogP contribution in [0.25, 0.3) is 16.8 Å². The first-order valence-corrected chi connectivity index (χ1v) is 11.5. The van der Waals surface area contributed by atoms with E-state index in [2.05, 4.69) is 132 Å². The van der Waals surface area contributed by atoms with Crippen molar-refractivity contribution in [2.24, 2.45) is 5.92 Å². The second-order valence-corrected chi connectivity index (χ2v) is 8.76. The Balaban J connectivity index is 1.65. The fourth-order valence-corrected chi connectivity index (χ4v) is 5.72. The predicted octanol–water partition coefficient (Wildman–Crippen LogP) is 6.73. The number of aromatic nitrogens is 1. The number of benzene rings is 2. The molecule has 0 bridgehead atoms. The molecule has 4 aliphatic rings. The zero-order chi connectivity index (χ0) is 21.8. The van der Waals surface area contributed by atoms with E-state index in [-0.39, 0.29) is 0 Å². The van der Waals surface area contributed by atoms with Crippen LogP contribution in [0, 0.1) is 5.92 Å². The molecule has 3 aromatic rings. The van der Waals surface area contributed by atoms with Crippen molar-refractivity contribution in [1.82, 2.24) is 0 Å². The van der Waals surface area contributed by atoms with Crippen molar-refractivity contribution in [2.45, 2.75) is 0 Å². The standard InChI is InChI=1S/C32H22N/c1-4-12-23(13-5-1)28-30-25-18-10-16-22-17-11-19-26(27(22)25)31(30)29(24-14-6-2-7-15-24)32(28)33-20-8-3-9-21-33/h1-21,27H/q+1. The van der Waals surface area contributed by atoms with E-state index in [9.17, 15) is 0 Å². The third kappa shape index (κ3) is 2.63. The first kappa shape index (κ1) is 18.4. The molecule has 2 aromatic carbocycles. The fourth-order valence-electron chi connectivity index (χ4n) is 5.72. The van der Waals surface area contributed by atoms with Crippen LogP contribution in [0.2, 0.25) is 0 Å². The lowest BCUT2D eigenvalue weighted by Crippen LogP contribution is -2.32. The minimum atomic E-state index is 0.324. The lowest BCUT2D eigenvalue weighted by molar-refractivity contribution is -0.576. The van der Waals surface area contributed by atoms with Gasteiger partial charge < -0.3 is 0 Å². The number of hydrogen-bond acceptors (Lipinski definition) is 0. The molecule has 1 heteroatoms. The summed E-state index contributed by atoms with van der Waals surface area (Å²) < 4.78 is 2.29. The summed E-state index contributed by atoms with van der Waals surface area (Å²) in [4.78, 5) is 0. The molecule has 1 nitrogen and oxygen atoms in total. The monoisotopic (exact) mass is 420 g/mol. The van der Waals surface area contributed by atoms with Gasteiger partial charge in [-0.25, -0.2) is 0 Å². The molecule has 0 saturated heterocycles. The van der Waals surface area contributed by atoms with Gasteiger partial charge in [0, 0.05) is 29.2 Å². The Morgan fingerprint density at radius 3 is 1.91 bits per heavy atom. The maximum atomic E-state index is 2.33. The Hall–Kier alpha value is -4.23. The molecule has 7 rings (SSSR count). The van der Waals surface area contributed by atoms with E-state index in [0.29, 0.717) is 5.92 Å². The van der Waals surface area contributed by atoms with Gasteiger partial charge in [0.25, 0.3) is 0 Å². The highest BCUT2D eigenvalue weighted by Gasteiger charge is 2.47. The summed E-state index contributed by atoms with van der Waals surface area (Å²) in [5.41, 5.74) is 13.4. The molecule has 33 heavy (non-hydrogen) atoms. The van der Waals surface area contributed by atoms with E-state index in [1.807, 2.05) is 0 Å². The smallest absolute Gasteiger partial charge is 0.166 e. The van der Waals surface area contributed by atoms with Gasteiger partial charge in [-0.05, 0) is 27.8 Å². The van der Waals surface area contributed by atoms with Crippen LogP contribution < -0.4 is 4.57 Å². The third-order valence-electron chi connectivity index (χ3n) is 6.98. The second kappa shape index (κ2) is 7.15. The van der Waals surface area contributed by atoms with Gasteiger partial charge in [-0.3, -0.25) is 0 Å². The molecule has 154 valence electrons. The van der Waals surface area contributed by atoms with Crippen LogP contribution in [0.5, 0.6) is 0 Å². The normalized spacial score (nSPS) is 20.2. The molecule has 1 unspecified atom stereocenters. The summed E-state index contributed by atoms with van der Waals surface area (Å²) in [6, 6.07) is 28.1. The van der Waals surface area contributed by atoms with Gasteiger partial charge in [0.2, 0.25) is 5.70 Å². The van der Waals surface area contributed by atoms with Gasteiger partial charge in [0.05, 0.1) is 11.1 Å². The maximum Gasteiger partial charge on any atom is 0.227 e. The van der Waals surface area contributed by atoms with Gasteiger partial charge in [0.1, 0.15) is 0 Å². The van der Waals surface area contributed by atoms with Crippen LogP contribution in [0.1, 0.15) is 11.1 Å². The van der Waals surface area contributed by atoms with Gasteiger partial charge >= 0.3 is 0 Å². The molecule has 0 saturated carbocycles. The van der Waals surface area contributed by atoms with Gasteiger partial charge in [0.15, 0.2) is 12.4 Å². The number of fused-ring (bicyclic) bond motifs is 2. The Kier molecular flexibility index (Phi) is 3.97. The van der Waals surface area contributed by atoms with E-state index in [0.717, 1.165) is 0 Å². The molecule has 1 atom stereocenters. The van der Waals surface area contributed by atoms with Crippen LogP contribution in [0.15, 0.2) is 156 Å². The molecule has 4 aliphatic carbocycles. The van der Waals surface area contributed by atoms with Crippen molar-refractivity contribution in [2.75, 3.05) is 0 Å². The van der Waals surface area contributed by atoms with Crippen LogP contribution in [-0.2, 0) is 0 Å². The zero-order valence-electron chi connectivity index (χ0n) is 18.1. The Bertz CT molecular complexity index is 1510. The first-order valence-electron chi connectivity index (χ1n) is 11.5. The van der Waals surface area contributed by atoms with Crippen molar-refractivity contribution in [3.63, 3.8) is 0 Å². The zero-order valence-corrected chi connectivity index (χ0v) is 18.1. The second-order valence-electron chi connectivity index (χ2n) is 8.76. The molecular weight excluding hydrogens is 398 g/mol. The summed E-state index contributed by atoms with van der Waals surface area (Å²) >= 11 is 0. The highest BCUT2D eigenvalue weighted by Crippen LogP contribution is 2.60. The molecular formula is C32H22N+. The molecule has 0 fully saturated rings. The molecule has 0 N–H and O–H groups in total. The quantitative estimate of drug-likeness (QED) is 0.414. The number of nitrogens with zero attached hydrogens (tertiary/aromatic N) is 1. The van der Waals surface area contributed by atoms with Crippen LogP contribution in [0.4, 0.5) is 0 Å². The van der Waals surface area contributed by atoms with E-state index >= 15 is 0 Å². The van der Waals surface area contributed by atoms with Gasteiger partial charge in [-0.2, -0.15) is 4.57 Å². The van der Waals surface area contributed by atoms with E-state index in [4.69, 9.17) is 0 Å². The Labute approximate surface area is 194 Å². The lowest BCUT2D eigenvalue weighted by atomic mass is 9.80. The van der Waals surface area contributed by atoms with E-state index < -0.39 is 0 Å². The molecule has 1 aromatic heterocycles. The molecule has 0 radical (unpaired) electrons. The average molecular weight is 421 g/mol. The average Bonchev–Trinajstić information content (AvgIpc) is 3.41. The number of rotatable bonds is 3. The summed E-state index contributed by atoms with van der Waals surface area (Å²) in [7, 11) is 0. The Morgan fingerprint density at radius 2 is 1.18 bits per heavy atom. The highest BCUT2D eigenvalue weighted by atomic mass is 15.0. The minimum absolute atomic E-state index is 0.324. The minimum Gasteiger partial charge on any atom is -0.166 e. The van der Waals surface area contributed by atoms with Crippen molar-refractivity contribution < 1.29 is 4.57 Å². The maximum absolute atomic E-state index is 2.33. The third-order valence-corrected chi connectivity index (χ3v) is 6.98. The fraction of sp³-hybridized carbons (Fsp3) is 0.0312. The summed E-state index contributed by atoms with van der Waals surface area (Å²) in [6.45, 7) is 0.